The summed E-state index contributed by atoms with van der Waals surface area (Å²) in [5.41, 5.74) is 3.89. The topological polar surface area (TPSA) is 72.5 Å². The van der Waals surface area contributed by atoms with Crippen LogP contribution < -0.4 is 20.1 Å². The van der Waals surface area contributed by atoms with Crippen LogP contribution in [0.15, 0.2) is 60.8 Å². The second-order valence-electron chi connectivity index (χ2n) is 6.58. The number of benzene rings is 2. The number of anilines is 2. The first kappa shape index (κ1) is 20.2. The summed E-state index contributed by atoms with van der Waals surface area (Å²) in [7, 11) is 1.62. The third-order valence-corrected chi connectivity index (χ3v) is 4.61. The van der Waals surface area contributed by atoms with Crippen molar-refractivity contribution >= 4 is 17.4 Å². The van der Waals surface area contributed by atoms with Gasteiger partial charge in [0.15, 0.2) is 0 Å². The number of hydrogen-bond donors (Lipinski definition) is 2. The van der Waals surface area contributed by atoms with Gasteiger partial charge in [-0.1, -0.05) is 12.1 Å². The molecule has 150 valence electrons. The minimum Gasteiger partial charge on any atom is -0.497 e. The largest absolute Gasteiger partial charge is 0.497 e. The maximum Gasteiger partial charge on any atom is 0.252 e. The smallest absolute Gasteiger partial charge is 0.252 e. The number of carbonyl (C=O) groups excluding carboxylic acids is 1. The molecule has 6 nitrogen and oxygen atoms in total. The quantitative estimate of drug-likeness (QED) is 0.562. The van der Waals surface area contributed by atoms with Gasteiger partial charge < -0.3 is 20.1 Å². The number of ether oxygens (including phenoxy) is 2. The van der Waals surface area contributed by atoms with E-state index in [0.29, 0.717) is 24.5 Å². The van der Waals surface area contributed by atoms with E-state index in [-0.39, 0.29) is 5.91 Å². The SMILES string of the molecule is COc1ccc(OCCNC(=O)c2ccc(Nc3cccc(C)c3C)nc2)cc1. The average Bonchev–Trinajstić information content (AvgIpc) is 2.75. The molecule has 0 saturated heterocycles. The molecule has 0 bridgehead atoms. The summed E-state index contributed by atoms with van der Waals surface area (Å²) in [5.74, 6) is 2.00. The molecule has 1 amide bonds. The molecule has 0 fully saturated rings. The molecule has 3 rings (SSSR count). The van der Waals surface area contributed by atoms with Gasteiger partial charge in [0.2, 0.25) is 0 Å². The second-order valence-corrected chi connectivity index (χ2v) is 6.58. The number of nitrogens with zero attached hydrogens (tertiary/aromatic N) is 1. The average molecular weight is 391 g/mol. The van der Waals surface area contributed by atoms with Crippen LogP contribution in [-0.4, -0.2) is 31.2 Å². The van der Waals surface area contributed by atoms with Crippen molar-refractivity contribution in [2.75, 3.05) is 25.6 Å². The lowest BCUT2D eigenvalue weighted by molar-refractivity contribution is 0.0946. The van der Waals surface area contributed by atoms with Gasteiger partial charge in [0.25, 0.3) is 5.91 Å². The van der Waals surface area contributed by atoms with Gasteiger partial charge in [-0.3, -0.25) is 4.79 Å². The zero-order valence-corrected chi connectivity index (χ0v) is 16.9. The van der Waals surface area contributed by atoms with Gasteiger partial charge in [-0.25, -0.2) is 4.98 Å². The Hall–Kier alpha value is -3.54. The number of pyridine rings is 1. The lowest BCUT2D eigenvalue weighted by Gasteiger charge is -2.11. The normalized spacial score (nSPS) is 10.3. The van der Waals surface area contributed by atoms with E-state index in [9.17, 15) is 4.79 Å². The Labute approximate surface area is 170 Å². The van der Waals surface area contributed by atoms with Gasteiger partial charge in [-0.2, -0.15) is 0 Å². The molecule has 0 spiro atoms. The summed E-state index contributed by atoms with van der Waals surface area (Å²) >= 11 is 0. The van der Waals surface area contributed by atoms with Gasteiger partial charge in [-0.05, 0) is 67.4 Å². The van der Waals surface area contributed by atoms with E-state index in [1.807, 2.05) is 36.4 Å². The third-order valence-electron chi connectivity index (χ3n) is 4.61. The Morgan fingerprint density at radius 3 is 2.45 bits per heavy atom. The molecular weight excluding hydrogens is 366 g/mol. The summed E-state index contributed by atoms with van der Waals surface area (Å²) in [6.07, 6.45) is 1.56. The van der Waals surface area contributed by atoms with Crippen LogP contribution in [0.25, 0.3) is 0 Å². The number of methoxy groups -OCH3 is 1. The third kappa shape index (κ3) is 5.48. The summed E-state index contributed by atoms with van der Waals surface area (Å²) in [5, 5.41) is 6.11. The van der Waals surface area contributed by atoms with Crippen molar-refractivity contribution in [1.29, 1.82) is 0 Å². The molecule has 1 heterocycles. The number of amides is 1. The maximum atomic E-state index is 12.3. The van der Waals surface area contributed by atoms with Crippen molar-refractivity contribution in [1.82, 2.24) is 10.3 Å². The fraction of sp³-hybridized carbons (Fsp3) is 0.217. The Morgan fingerprint density at radius 1 is 1.00 bits per heavy atom. The molecular formula is C23H25N3O3. The Morgan fingerprint density at radius 2 is 1.76 bits per heavy atom. The van der Waals surface area contributed by atoms with E-state index in [4.69, 9.17) is 9.47 Å². The first-order valence-electron chi connectivity index (χ1n) is 9.41. The number of carbonyl (C=O) groups is 1. The van der Waals surface area contributed by atoms with Crippen molar-refractivity contribution in [2.45, 2.75) is 13.8 Å². The van der Waals surface area contributed by atoms with Crippen LogP contribution in [-0.2, 0) is 0 Å². The van der Waals surface area contributed by atoms with Gasteiger partial charge in [0.05, 0.1) is 19.2 Å². The van der Waals surface area contributed by atoms with E-state index in [2.05, 4.69) is 35.5 Å². The standard InChI is InChI=1S/C23H25N3O3/c1-16-5-4-6-21(17(16)2)26-22-12-7-18(15-25-22)23(27)24-13-14-29-20-10-8-19(28-3)9-11-20/h4-12,15H,13-14H2,1-3H3,(H,24,27)(H,25,26). The summed E-state index contributed by atoms with van der Waals surface area (Å²) in [6.45, 7) is 4.90. The summed E-state index contributed by atoms with van der Waals surface area (Å²) in [4.78, 5) is 16.6. The number of aromatic nitrogens is 1. The summed E-state index contributed by atoms with van der Waals surface area (Å²) in [6, 6.07) is 16.9. The molecule has 0 atom stereocenters. The van der Waals surface area contributed by atoms with Crippen LogP contribution in [0.4, 0.5) is 11.5 Å². The molecule has 0 aliphatic rings. The number of rotatable bonds is 8. The predicted molar refractivity (Wildman–Crippen MR) is 114 cm³/mol. The fourth-order valence-electron chi connectivity index (χ4n) is 2.73. The Bertz CT molecular complexity index is 954. The van der Waals surface area contributed by atoms with Crippen LogP contribution in [0.2, 0.25) is 0 Å². The van der Waals surface area contributed by atoms with Crippen LogP contribution in [0.5, 0.6) is 11.5 Å². The van der Waals surface area contributed by atoms with Crippen LogP contribution >= 0.6 is 0 Å². The molecule has 2 aromatic carbocycles. The number of aryl methyl sites for hydroxylation is 1. The highest BCUT2D eigenvalue weighted by Crippen LogP contribution is 2.21. The highest BCUT2D eigenvalue weighted by atomic mass is 16.5. The van der Waals surface area contributed by atoms with Gasteiger partial charge in [0.1, 0.15) is 23.9 Å². The molecule has 0 unspecified atom stereocenters. The highest BCUT2D eigenvalue weighted by molar-refractivity contribution is 5.94. The molecule has 2 N–H and O–H groups in total. The van der Waals surface area contributed by atoms with Crippen molar-refractivity contribution in [2.24, 2.45) is 0 Å². The Balaban J connectivity index is 1.47. The maximum absolute atomic E-state index is 12.3. The molecule has 0 aliphatic heterocycles. The van der Waals surface area contributed by atoms with E-state index in [1.54, 1.807) is 25.4 Å². The lowest BCUT2D eigenvalue weighted by Crippen LogP contribution is -2.28. The first-order valence-corrected chi connectivity index (χ1v) is 9.41. The van der Waals surface area contributed by atoms with E-state index < -0.39 is 0 Å². The monoisotopic (exact) mass is 391 g/mol. The van der Waals surface area contributed by atoms with E-state index >= 15 is 0 Å². The first-order chi connectivity index (χ1) is 14.1. The summed E-state index contributed by atoms with van der Waals surface area (Å²) < 4.78 is 10.7. The lowest BCUT2D eigenvalue weighted by atomic mass is 10.1. The van der Waals surface area contributed by atoms with Crippen molar-refractivity contribution in [3.05, 3.63) is 77.5 Å². The van der Waals surface area contributed by atoms with Gasteiger partial charge >= 0.3 is 0 Å². The zero-order chi connectivity index (χ0) is 20.6. The molecule has 6 heteroatoms. The zero-order valence-electron chi connectivity index (χ0n) is 16.9. The molecule has 0 radical (unpaired) electrons. The van der Waals surface area contributed by atoms with Crippen LogP contribution in [0.3, 0.4) is 0 Å². The van der Waals surface area contributed by atoms with E-state index in [0.717, 1.165) is 17.2 Å². The van der Waals surface area contributed by atoms with Gasteiger partial charge in [0, 0.05) is 11.9 Å². The Kier molecular flexibility index (Phi) is 6.68. The highest BCUT2D eigenvalue weighted by Gasteiger charge is 2.07. The minimum absolute atomic E-state index is 0.186. The minimum atomic E-state index is -0.186. The fourth-order valence-corrected chi connectivity index (χ4v) is 2.73. The van der Waals surface area contributed by atoms with E-state index in [1.165, 1.54) is 11.1 Å². The predicted octanol–water partition coefficient (Wildman–Crippen LogP) is 4.26. The number of nitrogens with one attached hydrogen (secondary N) is 2. The van der Waals surface area contributed by atoms with Crippen LogP contribution in [0, 0.1) is 13.8 Å². The molecule has 3 aromatic rings. The van der Waals surface area contributed by atoms with Gasteiger partial charge in [-0.15, -0.1) is 0 Å². The van der Waals surface area contributed by atoms with Crippen molar-refractivity contribution in [3.8, 4) is 11.5 Å². The van der Waals surface area contributed by atoms with Crippen LogP contribution in [0.1, 0.15) is 21.5 Å². The molecule has 0 saturated carbocycles. The van der Waals surface area contributed by atoms with Crippen molar-refractivity contribution in [3.63, 3.8) is 0 Å². The second kappa shape index (κ2) is 9.59. The molecule has 0 aliphatic carbocycles. The van der Waals surface area contributed by atoms with Crippen molar-refractivity contribution < 1.29 is 14.3 Å². The molecule has 1 aromatic heterocycles. The molecule has 29 heavy (non-hydrogen) atoms. The number of hydrogen-bond acceptors (Lipinski definition) is 5.